The molecule has 178 valence electrons. The number of rotatable bonds is 9. The first-order chi connectivity index (χ1) is 15.7. The number of carbonyl (C=O) groups is 1. The van der Waals surface area contributed by atoms with E-state index < -0.39 is 29.1 Å². The van der Waals surface area contributed by atoms with E-state index in [1.807, 2.05) is 11.8 Å². The number of alkyl halides is 1. The Balaban J connectivity index is 1.37. The topological polar surface area (TPSA) is 38.8 Å². The first-order valence-corrected chi connectivity index (χ1v) is 11.1. The quantitative estimate of drug-likeness (QED) is 0.364. The van der Waals surface area contributed by atoms with Crippen molar-refractivity contribution in [1.82, 2.24) is 4.90 Å². The number of hydrogen-bond acceptors (Lipinski definition) is 4. The number of benzene rings is 2. The fourth-order valence-electron chi connectivity index (χ4n) is 4.61. The number of methoxy groups -OCH3 is 1. The Bertz CT molecular complexity index is 1010. The zero-order chi connectivity index (χ0) is 23.8. The second-order valence-corrected chi connectivity index (χ2v) is 8.97. The van der Waals surface area contributed by atoms with E-state index in [-0.39, 0.29) is 43.8 Å². The maximum absolute atomic E-state index is 15.1. The van der Waals surface area contributed by atoms with Crippen LogP contribution >= 0.6 is 0 Å². The predicted octanol–water partition coefficient (Wildman–Crippen LogP) is 5.46. The molecule has 0 bridgehead atoms. The lowest BCUT2D eigenvalue weighted by Crippen LogP contribution is -2.62. The lowest BCUT2D eigenvalue weighted by atomic mass is 9.91. The molecule has 1 saturated carbocycles. The number of esters is 1. The van der Waals surface area contributed by atoms with Gasteiger partial charge in [0.15, 0.2) is 5.67 Å². The van der Waals surface area contributed by atoms with Gasteiger partial charge in [-0.2, -0.15) is 0 Å². The van der Waals surface area contributed by atoms with E-state index >= 15 is 4.39 Å². The highest BCUT2D eigenvalue weighted by Gasteiger charge is 2.46. The van der Waals surface area contributed by atoms with E-state index in [0.717, 1.165) is 24.5 Å². The van der Waals surface area contributed by atoms with Crippen LogP contribution in [0.2, 0.25) is 0 Å². The molecule has 4 rings (SSSR count). The van der Waals surface area contributed by atoms with Crippen LogP contribution in [-0.4, -0.2) is 43.3 Å². The van der Waals surface area contributed by atoms with Gasteiger partial charge in [0.1, 0.15) is 17.5 Å². The highest BCUT2D eigenvalue weighted by molar-refractivity contribution is 5.90. The molecule has 1 atom stereocenters. The van der Waals surface area contributed by atoms with Crippen LogP contribution in [0.15, 0.2) is 30.3 Å². The Morgan fingerprint density at radius 3 is 2.36 bits per heavy atom. The number of ether oxygens (including phenoxy) is 2. The molecule has 0 N–H and O–H groups in total. The van der Waals surface area contributed by atoms with Gasteiger partial charge in [-0.05, 0) is 66.1 Å². The van der Waals surface area contributed by atoms with E-state index in [2.05, 4.69) is 4.74 Å². The van der Waals surface area contributed by atoms with Crippen molar-refractivity contribution in [3.05, 3.63) is 70.0 Å². The highest BCUT2D eigenvalue weighted by atomic mass is 19.1. The first kappa shape index (κ1) is 23.7. The van der Waals surface area contributed by atoms with Crippen molar-refractivity contribution in [1.29, 1.82) is 0 Å². The van der Waals surface area contributed by atoms with Crippen LogP contribution in [0.3, 0.4) is 0 Å². The second-order valence-electron chi connectivity index (χ2n) is 8.97. The summed E-state index contributed by atoms with van der Waals surface area (Å²) in [6.45, 7) is 1.89. The van der Waals surface area contributed by atoms with Crippen molar-refractivity contribution in [2.75, 3.05) is 26.8 Å². The number of likely N-dealkylation sites (tertiary alicyclic amines) is 1. The largest absolute Gasteiger partial charge is 0.465 e. The van der Waals surface area contributed by atoms with Gasteiger partial charge >= 0.3 is 5.97 Å². The van der Waals surface area contributed by atoms with Crippen molar-refractivity contribution in [3.8, 4) is 0 Å². The minimum Gasteiger partial charge on any atom is -0.465 e. The average Bonchev–Trinajstić information content (AvgIpc) is 3.57. The van der Waals surface area contributed by atoms with Crippen molar-refractivity contribution < 1.29 is 31.8 Å². The Labute approximate surface area is 190 Å². The molecule has 2 fully saturated rings. The lowest BCUT2D eigenvalue weighted by Gasteiger charge is -2.48. The minimum atomic E-state index is -1.59. The molecule has 33 heavy (non-hydrogen) atoms. The molecule has 8 heteroatoms. The summed E-state index contributed by atoms with van der Waals surface area (Å²) >= 11 is 0. The van der Waals surface area contributed by atoms with E-state index in [1.54, 1.807) is 0 Å². The molecule has 0 spiro atoms. The molecule has 2 aromatic carbocycles. The molecule has 1 heterocycles. The summed E-state index contributed by atoms with van der Waals surface area (Å²) in [5.41, 5.74) is 0.208. The van der Waals surface area contributed by atoms with Gasteiger partial charge in [-0.25, -0.2) is 22.4 Å². The second kappa shape index (κ2) is 9.43. The molecule has 2 aromatic rings. The maximum Gasteiger partial charge on any atom is 0.340 e. The van der Waals surface area contributed by atoms with Crippen molar-refractivity contribution in [2.45, 2.75) is 50.4 Å². The third-order valence-corrected chi connectivity index (χ3v) is 6.34. The average molecular weight is 465 g/mol. The van der Waals surface area contributed by atoms with Crippen LogP contribution in [0.5, 0.6) is 0 Å². The summed E-state index contributed by atoms with van der Waals surface area (Å²) in [5, 5.41) is 0. The zero-order valence-corrected chi connectivity index (χ0v) is 18.7. The van der Waals surface area contributed by atoms with E-state index in [4.69, 9.17) is 4.74 Å². The van der Waals surface area contributed by atoms with Crippen LogP contribution in [0, 0.1) is 17.5 Å². The molecular formula is C25H27F4NO3. The van der Waals surface area contributed by atoms with Crippen molar-refractivity contribution in [2.24, 2.45) is 0 Å². The molecule has 1 saturated heterocycles. The fraction of sp³-hybridized carbons (Fsp3) is 0.480. The van der Waals surface area contributed by atoms with Gasteiger partial charge in [0.05, 0.1) is 25.9 Å². The molecule has 2 aliphatic rings. The first-order valence-electron chi connectivity index (χ1n) is 11.1. The summed E-state index contributed by atoms with van der Waals surface area (Å²) in [6, 6.07) is 5.85. The van der Waals surface area contributed by atoms with E-state index in [0.29, 0.717) is 17.5 Å². The summed E-state index contributed by atoms with van der Waals surface area (Å²) in [5.74, 6) is -2.50. The Kier molecular flexibility index (Phi) is 6.77. The molecule has 1 aliphatic heterocycles. The fourth-order valence-corrected chi connectivity index (χ4v) is 4.61. The minimum absolute atomic E-state index is 0.0300. The number of nitrogens with zero attached hydrogens (tertiary/aromatic N) is 1. The zero-order valence-electron chi connectivity index (χ0n) is 18.7. The highest BCUT2D eigenvalue weighted by Crippen LogP contribution is 2.43. The molecule has 1 unspecified atom stereocenters. The molecule has 0 radical (unpaired) electrons. The van der Waals surface area contributed by atoms with Gasteiger partial charge in [-0.1, -0.05) is 6.92 Å². The van der Waals surface area contributed by atoms with Crippen molar-refractivity contribution >= 4 is 5.97 Å². The monoisotopic (exact) mass is 465 g/mol. The van der Waals surface area contributed by atoms with Gasteiger partial charge < -0.3 is 9.47 Å². The van der Waals surface area contributed by atoms with Crippen molar-refractivity contribution in [3.63, 3.8) is 0 Å². The Morgan fingerprint density at radius 1 is 1.12 bits per heavy atom. The number of carbonyl (C=O) groups excluding carboxylic acids is 1. The van der Waals surface area contributed by atoms with Crippen LogP contribution in [-0.2, 0) is 16.1 Å². The van der Waals surface area contributed by atoms with Gasteiger partial charge in [-0.15, -0.1) is 0 Å². The van der Waals surface area contributed by atoms with Crippen LogP contribution < -0.4 is 0 Å². The predicted molar refractivity (Wildman–Crippen MR) is 114 cm³/mol. The summed E-state index contributed by atoms with van der Waals surface area (Å²) < 4.78 is 67.0. The van der Waals surface area contributed by atoms with Gasteiger partial charge in [0.25, 0.3) is 0 Å². The summed E-state index contributed by atoms with van der Waals surface area (Å²) in [7, 11) is 1.20. The maximum atomic E-state index is 15.1. The van der Waals surface area contributed by atoms with Crippen LogP contribution in [0.1, 0.15) is 65.2 Å². The molecule has 0 aromatic heterocycles. The SMILES string of the molecule is CCC(c1cc(F)cc(F)c1)N1CC(F)(COCc2cc(F)c(C(=O)OC)cc2C2CC2)C1. The Morgan fingerprint density at radius 2 is 1.79 bits per heavy atom. The van der Waals surface area contributed by atoms with Gasteiger partial charge in [0.2, 0.25) is 0 Å². The van der Waals surface area contributed by atoms with Gasteiger partial charge in [-0.3, -0.25) is 4.90 Å². The molecule has 0 amide bonds. The number of hydrogen-bond donors (Lipinski definition) is 0. The third kappa shape index (κ3) is 5.22. The molecule has 1 aliphatic carbocycles. The smallest absolute Gasteiger partial charge is 0.340 e. The Hall–Kier alpha value is -2.45. The molecule has 4 nitrogen and oxygen atoms in total. The lowest BCUT2D eigenvalue weighted by molar-refractivity contribution is -0.107. The normalized spacial score (nSPS) is 18.6. The third-order valence-electron chi connectivity index (χ3n) is 6.34. The summed E-state index contributed by atoms with van der Waals surface area (Å²) in [4.78, 5) is 13.6. The number of halogens is 4. The van der Waals surface area contributed by atoms with E-state index in [1.165, 1.54) is 31.4 Å². The van der Waals surface area contributed by atoms with Crippen LogP contribution in [0.4, 0.5) is 17.6 Å². The van der Waals surface area contributed by atoms with Gasteiger partial charge in [0, 0.05) is 25.2 Å². The van der Waals surface area contributed by atoms with E-state index in [9.17, 15) is 18.0 Å². The standard InChI is InChI=1S/C25H27F4NO3/c1-3-23(16-6-18(26)9-19(27)7-16)30-12-25(29,13-30)14-33-11-17-8-22(28)21(24(31)32-2)10-20(17)15-4-5-15/h6-10,15,23H,3-5,11-14H2,1-2H3. The summed E-state index contributed by atoms with van der Waals surface area (Å²) in [6.07, 6.45) is 2.47. The molecular weight excluding hydrogens is 438 g/mol. The van der Waals surface area contributed by atoms with Crippen LogP contribution in [0.25, 0.3) is 0 Å².